The summed E-state index contributed by atoms with van der Waals surface area (Å²) >= 11 is 0. The number of fused-ring (bicyclic) bond motifs is 1. The molecule has 142 valence electrons. The third kappa shape index (κ3) is 14.1. The highest BCUT2D eigenvalue weighted by atomic mass is 16.4. The first-order valence-corrected chi connectivity index (χ1v) is 7.41. The zero-order valence-electron chi connectivity index (χ0n) is 14.1. The number of rotatable bonds is 4. The summed E-state index contributed by atoms with van der Waals surface area (Å²) in [7, 11) is 0. The SMILES string of the molecule is C1=CC=C2CC=CC=C2C=C1.O=C(O)C=CC(=O)O.O=C(O)C=CC(=O)O. The fourth-order valence-corrected chi connectivity index (χ4v) is 1.60. The lowest BCUT2D eigenvalue weighted by Gasteiger charge is -2.07. The molecule has 0 atom stereocenters. The Morgan fingerprint density at radius 2 is 1.15 bits per heavy atom. The van der Waals surface area contributed by atoms with Gasteiger partial charge in [0.05, 0.1) is 0 Å². The van der Waals surface area contributed by atoms with Gasteiger partial charge in [0.2, 0.25) is 0 Å². The zero-order chi connectivity index (χ0) is 20.7. The van der Waals surface area contributed by atoms with E-state index in [4.69, 9.17) is 20.4 Å². The average Bonchev–Trinajstić information content (AvgIpc) is 2.85. The van der Waals surface area contributed by atoms with Crippen LogP contribution in [0.5, 0.6) is 0 Å². The van der Waals surface area contributed by atoms with Crippen molar-refractivity contribution in [3.05, 3.63) is 84.1 Å². The quantitative estimate of drug-likeness (QED) is 0.548. The molecule has 8 nitrogen and oxygen atoms in total. The van der Waals surface area contributed by atoms with E-state index >= 15 is 0 Å². The zero-order valence-corrected chi connectivity index (χ0v) is 14.1. The van der Waals surface area contributed by atoms with Crippen LogP contribution in [-0.2, 0) is 19.2 Å². The summed E-state index contributed by atoms with van der Waals surface area (Å²) in [6.45, 7) is 0. The molecule has 2 aliphatic carbocycles. The van der Waals surface area contributed by atoms with Crippen molar-refractivity contribution in [1.82, 2.24) is 0 Å². The first-order chi connectivity index (χ1) is 12.7. The summed E-state index contributed by atoms with van der Waals surface area (Å²) < 4.78 is 0. The topological polar surface area (TPSA) is 149 Å². The maximum absolute atomic E-state index is 9.55. The lowest BCUT2D eigenvalue weighted by molar-refractivity contribution is -0.134. The lowest BCUT2D eigenvalue weighted by atomic mass is 9.98. The van der Waals surface area contributed by atoms with Crippen LogP contribution in [0.2, 0.25) is 0 Å². The van der Waals surface area contributed by atoms with Crippen molar-refractivity contribution in [3.8, 4) is 0 Å². The molecular formula is C19H18O8. The first kappa shape index (κ1) is 23.1. The molecule has 0 unspecified atom stereocenters. The molecule has 0 radical (unpaired) electrons. The van der Waals surface area contributed by atoms with Crippen molar-refractivity contribution in [1.29, 1.82) is 0 Å². The standard InChI is InChI=1S/C11H10.2C4H4O4/c1-2-6-10-8-4-5-9-11(10)7-3-1;2*5-3(6)1-2-4(7)8/h1-8H,9H2;2*1-2H,(H,5,6)(H,7,8). The molecule has 27 heavy (non-hydrogen) atoms. The summed E-state index contributed by atoms with van der Waals surface area (Å²) in [6.07, 6.45) is 20.3. The van der Waals surface area contributed by atoms with Crippen LogP contribution in [0.25, 0.3) is 0 Å². The van der Waals surface area contributed by atoms with E-state index in [0.29, 0.717) is 24.3 Å². The van der Waals surface area contributed by atoms with E-state index in [9.17, 15) is 19.2 Å². The minimum Gasteiger partial charge on any atom is -0.478 e. The van der Waals surface area contributed by atoms with Crippen LogP contribution in [0.3, 0.4) is 0 Å². The van der Waals surface area contributed by atoms with Crippen molar-refractivity contribution < 1.29 is 39.6 Å². The minimum atomic E-state index is -1.26. The van der Waals surface area contributed by atoms with E-state index in [1.54, 1.807) is 0 Å². The number of hydrogen-bond donors (Lipinski definition) is 4. The van der Waals surface area contributed by atoms with Crippen molar-refractivity contribution in [2.75, 3.05) is 0 Å². The van der Waals surface area contributed by atoms with Gasteiger partial charge in [-0.3, -0.25) is 0 Å². The number of carboxylic acid groups (broad SMARTS) is 4. The van der Waals surface area contributed by atoms with Gasteiger partial charge in [-0.15, -0.1) is 0 Å². The fraction of sp³-hybridized carbons (Fsp3) is 0.0526. The number of allylic oxidation sites excluding steroid dienone is 10. The Bertz CT molecular complexity index is 708. The van der Waals surface area contributed by atoms with E-state index in [1.165, 1.54) is 11.1 Å². The summed E-state index contributed by atoms with van der Waals surface area (Å²) in [5.41, 5.74) is 2.76. The molecule has 0 bridgehead atoms. The third-order valence-corrected chi connectivity index (χ3v) is 2.65. The van der Waals surface area contributed by atoms with Gasteiger partial charge in [-0.25, -0.2) is 19.2 Å². The molecule has 0 spiro atoms. The molecule has 0 aliphatic heterocycles. The fourth-order valence-electron chi connectivity index (χ4n) is 1.60. The van der Waals surface area contributed by atoms with Gasteiger partial charge in [0.15, 0.2) is 0 Å². The summed E-state index contributed by atoms with van der Waals surface area (Å²) in [4.78, 5) is 38.2. The molecule has 0 saturated heterocycles. The van der Waals surface area contributed by atoms with Crippen LogP contribution >= 0.6 is 0 Å². The summed E-state index contributed by atoms with van der Waals surface area (Å²) in [6, 6.07) is 0. The molecule has 8 heteroatoms. The average molecular weight is 374 g/mol. The number of hydrogen-bond acceptors (Lipinski definition) is 4. The van der Waals surface area contributed by atoms with Crippen molar-refractivity contribution >= 4 is 23.9 Å². The highest BCUT2D eigenvalue weighted by Crippen LogP contribution is 2.21. The van der Waals surface area contributed by atoms with Crippen LogP contribution in [-0.4, -0.2) is 44.3 Å². The largest absolute Gasteiger partial charge is 0.478 e. The molecule has 2 rings (SSSR count). The van der Waals surface area contributed by atoms with Gasteiger partial charge in [0, 0.05) is 24.3 Å². The monoisotopic (exact) mass is 374 g/mol. The summed E-state index contributed by atoms with van der Waals surface area (Å²) in [5.74, 6) is -5.03. The molecule has 0 saturated carbocycles. The molecule has 0 aromatic carbocycles. The number of carbonyl (C=O) groups is 4. The Labute approximate surface area is 154 Å². The second kappa shape index (κ2) is 13.4. The minimum absolute atomic E-state index is 0.558. The van der Waals surface area contributed by atoms with E-state index in [0.717, 1.165) is 6.42 Å². The normalized spacial score (nSPS) is 13.9. The van der Waals surface area contributed by atoms with E-state index < -0.39 is 23.9 Å². The van der Waals surface area contributed by atoms with Gasteiger partial charge in [-0.1, -0.05) is 48.6 Å². The predicted octanol–water partition coefficient (Wildman–Crippen LogP) is 2.35. The van der Waals surface area contributed by atoms with Crippen LogP contribution in [0.15, 0.2) is 84.1 Å². The Kier molecular flexibility index (Phi) is 11.4. The smallest absolute Gasteiger partial charge is 0.328 e. The Balaban J connectivity index is 0.000000387. The third-order valence-electron chi connectivity index (χ3n) is 2.65. The molecule has 0 fully saturated rings. The molecule has 0 heterocycles. The number of carboxylic acids is 4. The van der Waals surface area contributed by atoms with Gasteiger partial charge in [-0.05, 0) is 17.6 Å². The van der Waals surface area contributed by atoms with Crippen LogP contribution in [0.4, 0.5) is 0 Å². The second-order valence-electron chi connectivity index (χ2n) is 4.71. The van der Waals surface area contributed by atoms with Gasteiger partial charge in [-0.2, -0.15) is 0 Å². The highest BCUT2D eigenvalue weighted by molar-refractivity contribution is 5.90. The van der Waals surface area contributed by atoms with Crippen LogP contribution < -0.4 is 0 Å². The van der Waals surface area contributed by atoms with Crippen molar-refractivity contribution in [2.45, 2.75) is 6.42 Å². The Morgan fingerprint density at radius 3 is 1.59 bits per heavy atom. The summed E-state index contributed by atoms with van der Waals surface area (Å²) in [5, 5.41) is 31.2. The van der Waals surface area contributed by atoms with E-state index in [2.05, 4.69) is 48.6 Å². The molecule has 0 aromatic heterocycles. The Hall–Kier alpha value is -3.94. The van der Waals surface area contributed by atoms with Gasteiger partial charge < -0.3 is 20.4 Å². The molecule has 2 aliphatic rings. The predicted molar refractivity (Wildman–Crippen MR) is 97.0 cm³/mol. The van der Waals surface area contributed by atoms with E-state index in [-0.39, 0.29) is 0 Å². The van der Waals surface area contributed by atoms with E-state index in [1.807, 2.05) is 0 Å². The van der Waals surface area contributed by atoms with Crippen LogP contribution in [0, 0.1) is 0 Å². The maximum atomic E-state index is 9.55. The Morgan fingerprint density at radius 1 is 0.667 bits per heavy atom. The van der Waals surface area contributed by atoms with Gasteiger partial charge >= 0.3 is 23.9 Å². The molecule has 0 amide bonds. The molecule has 4 N–H and O–H groups in total. The van der Waals surface area contributed by atoms with Gasteiger partial charge in [0.1, 0.15) is 0 Å². The van der Waals surface area contributed by atoms with Crippen LogP contribution in [0.1, 0.15) is 6.42 Å². The van der Waals surface area contributed by atoms with Crippen molar-refractivity contribution in [3.63, 3.8) is 0 Å². The molecule has 0 aromatic rings. The number of aliphatic carboxylic acids is 4. The molecular weight excluding hydrogens is 356 g/mol. The highest BCUT2D eigenvalue weighted by Gasteiger charge is 2.02. The first-order valence-electron chi connectivity index (χ1n) is 7.41. The van der Waals surface area contributed by atoms with Gasteiger partial charge in [0.25, 0.3) is 0 Å². The second-order valence-corrected chi connectivity index (χ2v) is 4.71. The lowest BCUT2D eigenvalue weighted by Crippen LogP contribution is -1.91. The van der Waals surface area contributed by atoms with Crippen molar-refractivity contribution in [2.24, 2.45) is 0 Å². The maximum Gasteiger partial charge on any atom is 0.328 e.